The average molecular weight is 647 g/mol. The monoisotopic (exact) mass is 646 g/mol. The second kappa shape index (κ2) is 14.0. The largest absolute Gasteiger partial charge is 0.461 e. The Hall–Kier alpha value is -4.66. The van der Waals surface area contributed by atoms with Gasteiger partial charge >= 0.3 is 25.3 Å². The van der Waals surface area contributed by atoms with E-state index in [-0.39, 0.29) is 29.3 Å². The fraction of sp³-hybridized carbons (Fsp3) is 0.233. The molecule has 0 fully saturated rings. The summed E-state index contributed by atoms with van der Waals surface area (Å²) in [5.41, 5.74) is 0.977. The second-order valence-electron chi connectivity index (χ2n) is 9.39. The van der Waals surface area contributed by atoms with Crippen molar-refractivity contribution >= 4 is 11.4 Å². The van der Waals surface area contributed by atoms with Crippen LogP contribution in [0.25, 0.3) is 0 Å². The third-order valence-electron chi connectivity index (χ3n) is 6.10. The van der Waals surface area contributed by atoms with Gasteiger partial charge in [0.2, 0.25) is 5.88 Å². The van der Waals surface area contributed by atoms with Gasteiger partial charge in [0, 0.05) is 29.7 Å². The number of nitrogens with zero attached hydrogens (tertiary/aromatic N) is 2. The van der Waals surface area contributed by atoms with Crippen LogP contribution in [0, 0.1) is 0 Å². The standard InChI is InChI=1S/C30H23F9N2O4/c31-27(32)30(38,39)45-23-9-3-5-18(14-23)13-19-6-1-2-10-24(19)41(17-25(42)29(35,36)37)20-7-4-8-21(15-20)43-22-11-12-40-26(16-22)44-28(33)34/h1-12,14-16,25,27-28,42H,13,17H2. The highest BCUT2D eigenvalue weighted by Gasteiger charge is 2.44. The Labute approximate surface area is 250 Å². The van der Waals surface area contributed by atoms with E-state index in [1.165, 1.54) is 54.6 Å². The lowest BCUT2D eigenvalue weighted by Crippen LogP contribution is -2.39. The molecular formula is C30H23F9N2O4. The van der Waals surface area contributed by atoms with E-state index in [2.05, 4.69) is 14.5 Å². The highest BCUT2D eigenvalue weighted by molar-refractivity contribution is 5.68. The molecule has 15 heteroatoms. The van der Waals surface area contributed by atoms with Gasteiger partial charge in [-0.15, -0.1) is 0 Å². The lowest BCUT2D eigenvalue weighted by Gasteiger charge is -2.30. The van der Waals surface area contributed by atoms with E-state index in [4.69, 9.17) is 4.74 Å². The molecule has 1 atom stereocenters. The van der Waals surface area contributed by atoms with E-state index >= 15 is 0 Å². The first-order valence-electron chi connectivity index (χ1n) is 12.9. The highest BCUT2D eigenvalue weighted by atomic mass is 19.4. The summed E-state index contributed by atoms with van der Waals surface area (Å²) in [6, 6.07) is 19.1. The summed E-state index contributed by atoms with van der Waals surface area (Å²) in [6.45, 7) is -4.12. The molecule has 0 saturated carbocycles. The van der Waals surface area contributed by atoms with Crippen LogP contribution >= 0.6 is 0 Å². The van der Waals surface area contributed by atoms with Crippen molar-refractivity contribution in [3.8, 4) is 23.1 Å². The van der Waals surface area contributed by atoms with Crippen LogP contribution in [0.2, 0.25) is 0 Å². The number of ether oxygens (including phenoxy) is 3. The van der Waals surface area contributed by atoms with Crippen molar-refractivity contribution < 1.29 is 58.8 Å². The van der Waals surface area contributed by atoms with Crippen molar-refractivity contribution in [3.05, 3.63) is 102 Å². The molecule has 1 unspecified atom stereocenters. The molecule has 0 spiro atoms. The van der Waals surface area contributed by atoms with Crippen LogP contribution in [0.5, 0.6) is 23.1 Å². The fourth-order valence-corrected chi connectivity index (χ4v) is 4.14. The number of hydrogen-bond acceptors (Lipinski definition) is 6. The van der Waals surface area contributed by atoms with E-state index in [1.54, 1.807) is 12.1 Å². The fourth-order valence-electron chi connectivity index (χ4n) is 4.14. The lowest BCUT2D eigenvalue weighted by atomic mass is 10.0. The molecule has 0 saturated heterocycles. The Balaban J connectivity index is 1.68. The molecule has 0 bridgehead atoms. The van der Waals surface area contributed by atoms with Gasteiger partial charge in [0.25, 0.3) is 0 Å². The number of rotatable bonds is 13. The van der Waals surface area contributed by atoms with Crippen molar-refractivity contribution in [3.63, 3.8) is 0 Å². The van der Waals surface area contributed by atoms with Crippen molar-refractivity contribution in [2.24, 2.45) is 0 Å². The summed E-state index contributed by atoms with van der Waals surface area (Å²) in [6.07, 6.45) is -15.6. The first kappa shape index (κ1) is 33.2. The van der Waals surface area contributed by atoms with Gasteiger partial charge in [-0.25, -0.2) is 4.98 Å². The molecule has 0 aliphatic heterocycles. The minimum absolute atomic E-state index is 0.0274. The molecule has 1 aromatic heterocycles. The minimum atomic E-state index is -5.00. The van der Waals surface area contributed by atoms with Gasteiger partial charge in [0.15, 0.2) is 6.10 Å². The van der Waals surface area contributed by atoms with Gasteiger partial charge in [0.1, 0.15) is 17.2 Å². The van der Waals surface area contributed by atoms with Gasteiger partial charge < -0.3 is 24.2 Å². The summed E-state index contributed by atoms with van der Waals surface area (Å²) in [4.78, 5) is 4.79. The molecule has 6 nitrogen and oxygen atoms in total. The van der Waals surface area contributed by atoms with Crippen molar-refractivity contribution in [1.29, 1.82) is 0 Å². The van der Waals surface area contributed by atoms with E-state index in [1.807, 2.05) is 0 Å². The van der Waals surface area contributed by atoms with Crippen molar-refractivity contribution in [2.45, 2.75) is 37.8 Å². The number of anilines is 2. The summed E-state index contributed by atoms with van der Waals surface area (Å²) in [5, 5.41) is 10.0. The zero-order chi connectivity index (χ0) is 32.8. The molecule has 0 aliphatic carbocycles. The number of halogens is 9. The zero-order valence-electron chi connectivity index (χ0n) is 22.8. The van der Waals surface area contributed by atoms with Gasteiger partial charge in [-0.2, -0.15) is 39.5 Å². The molecular weight excluding hydrogens is 623 g/mol. The molecule has 240 valence electrons. The molecule has 1 heterocycles. The van der Waals surface area contributed by atoms with Crippen LogP contribution in [0.4, 0.5) is 50.9 Å². The Morgan fingerprint density at radius 2 is 1.47 bits per heavy atom. The van der Waals surface area contributed by atoms with Crippen LogP contribution in [0.15, 0.2) is 91.1 Å². The Morgan fingerprint density at radius 3 is 2.18 bits per heavy atom. The van der Waals surface area contributed by atoms with Crippen LogP contribution in [-0.4, -0.2) is 48.1 Å². The molecule has 0 radical (unpaired) electrons. The van der Waals surface area contributed by atoms with E-state index in [9.17, 15) is 44.6 Å². The lowest BCUT2D eigenvalue weighted by molar-refractivity contribution is -0.253. The quantitative estimate of drug-likeness (QED) is 0.147. The Morgan fingerprint density at radius 1 is 0.778 bits per heavy atom. The number of alkyl halides is 9. The topological polar surface area (TPSA) is 64.1 Å². The molecule has 0 amide bonds. The summed E-state index contributed by atoms with van der Waals surface area (Å²) in [5.74, 6) is -0.882. The normalized spacial score (nSPS) is 12.7. The van der Waals surface area contributed by atoms with Crippen molar-refractivity contribution in [1.82, 2.24) is 4.98 Å². The third kappa shape index (κ3) is 9.17. The maximum atomic E-state index is 13.5. The van der Waals surface area contributed by atoms with Gasteiger partial charge in [0.05, 0.1) is 6.54 Å². The number of aliphatic hydroxyl groups excluding tert-OH is 1. The Kier molecular flexibility index (Phi) is 10.3. The van der Waals surface area contributed by atoms with Crippen LogP contribution in [0.1, 0.15) is 11.1 Å². The van der Waals surface area contributed by atoms with E-state index in [0.717, 1.165) is 29.3 Å². The summed E-state index contributed by atoms with van der Waals surface area (Å²) >= 11 is 0. The zero-order valence-corrected chi connectivity index (χ0v) is 22.8. The van der Waals surface area contributed by atoms with Crippen LogP contribution in [0.3, 0.4) is 0 Å². The SMILES string of the molecule is OC(CN(c1cccc(Oc2ccnc(OC(F)F)c2)c1)c1ccccc1Cc1cccc(OC(F)(F)C(F)F)c1)C(F)(F)F. The predicted octanol–water partition coefficient (Wildman–Crippen LogP) is 8.36. The molecule has 1 N–H and O–H groups in total. The first-order valence-corrected chi connectivity index (χ1v) is 12.9. The molecule has 4 rings (SSSR count). The van der Waals surface area contributed by atoms with Gasteiger partial charge in [-0.3, -0.25) is 0 Å². The van der Waals surface area contributed by atoms with Crippen LogP contribution < -0.4 is 19.1 Å². The maximum Gasteiger partial charge on any atom is 0.461 e. The highest BCUT2D eigenvalue weighted by Crippen LogP contribution is 2.36. The third-order valence-corrected chi connectivity index (χ3v) is 6.10. The maximum absolute atomic E-state index is 13.5. The number of pyridine rings is 1. The van der Waals surface area contributed by atoms with Crippen LogP contribution in [-0.2, 0) is 6.42 Å². The minimum Gasteiger partial charge on any atom is -0.457 e. The molecule has 45 heavy (non-hydrogen) atoms. The first-order chi connectivity index (χ1) is 21.2. The van der Waals surface area contributed by atoms with E-state index < -0.39 is 49.6 Å². The molecule has 4 aromatic rings. The number of benzene rings is 3. The smallest absolute Gasteiger partial charge is 0.457 e. The summed E-state index contributed by atoms with van der Waals surface area (Å²) in [7, 11) is 0. The number of aliphatic hydroxyl groups is 1. The Bertz CT molecular complexity index is 1570. The van der Waals surface area contributed by atoms with Gasteiger partial charge in [-0.05, 0) is 53.9 Å². The number of aromatic nitrogens is 1. The van der Waals surface area contributed by atoms with Crippen molar-refractivity contribution in [2.75, 3.05) is 11.4 Å². The van der Waals surface area contributed by atoms with E-state index in [0.29, 0.717) is 11.1 Å². The van der Waals surface area contributed by atoms with Gasteiger partial charge in [-0.1, -0.05) is 36.4 Å². The summed E-state index contributed by atoms with van der Waals surface area (Å²) < 4.78 is 132. The molecule has 3 aromatic carbocycles. The second-order valence-corrected chi connectivity index (χ2v) is 9.39. The molecule has 0 aliphatic rings. The predicted molar refractivity (Wildman–Crippen MR) is 144 cm³/mol. The number of hydrogen-bond donors (Lipinski definition) is 1. The average Bonchev–Trinajstić information content (AvgIpc) is 2.95. The number of para-hydroxylation sites is 1.